The van der Waals surface area contributed by atoms with Crippen LogP contribution in [0.25, 0.3) is 0 Å². The second-order valence-corrected chi connectivity index (χ2v) is 2.92. The van der Waals surface area contributed by atoms with Crippen molar-refractivity contribution in [2.75, 3.05) is 19.0 Å². The lowest BCUT2D eigenvalue weighted by Gasteiger charge is -2.20. The Bertz CT molecular complexity index is 185. The Kier molecular flexibility index (Phi) is 5.57. The van der Waals surface area contributed by atoms with Gasteiger partial charge >= 0.3 is 0 Å². The number of terminal acetylenes is 1. The van der Waals surface area contributed by atoms with Crippen LogP contribution in [-0.4, -0.2) is 29.8 Å². The summed E-state index contributed by atoms with van der Waals surface area (Å²) in [6.07, 6.45) is 5.11. The predicted octanol–water partition coefficient (Wildman–Crippen LogP) is 1.34. The number of hydrogen-bond acceptors (Lipinski definition) is 1. The molecule has 0 aromatic carbocycles. The monoisotopic (exact) mass is 187 g/mol. The minimum Gasteiger partial charge on any atom is -0.332 e. The maximum Gasteiger partial charge on any atom is 0.227 e. The van der Waals surface area contributed by atoms with Gasteiger partial charge in [-0.2, -0.15) is 0 Å². The summed E-state index contributed by atoms with van der Waals surface area (Å²) in [4.78, 5) is 13.1. The van der Waals surface area contributed by atoms with Gasteiger partial charge in [-0.25, -0.2) is 0 Å². The first-order valence-electron chi connectivity index (χ1n) is 3.95. The van der Waals surface area contributed by atoms with E-state index in [1.54, 1.807) is 11.8 Å². The molecule has 3 heteroatoms. The predicted molar refractivity (Wildman–Crippen MR) is 51.0 cm³/mol. The third kappa shape index (κ3) is 3.15. The van der Waals surface area contributed by atoms with E-state index in [-0.39, 0.29) is 11.8 Å². The Labute approximate surface area is 78.9 Å². The molecule has 0 rings (SSSR count). The van der Waals surface area contributed by atoms with Gasteiger partial charge in [0.25, 0.3) is 0 Å². The molecule has 0 saturated carbocycles. The molecule has 0 fully saturated rings. The summed E-state index contributed by atoms with van der Waals surface area (Å²) in [7, 11) is 0. The molecule has 1 atom stereocenters. The average Bonchev–Trinajstić information content (AvgIpc) is 2.11. The quantitative estimate of drug-likeness (QED) is 0.481. The van der Waals surface area contributed by atoms with Crippen molar-refractivity contribution < 1.29 is 4.79 Å². The molecule has 1 unspecified atom stereocenters. The van der Waals surface area contributed by atoms with Gasteiger partial charge in [-0.1, -0.05) is 12.8 Å². The van der Waals surface area contributed by atoms with E-state index >= 15 is 0 Å². The van der Waals surface area contributed by atoms with Gasteiger partial charge < -0.3 is 4.90 Å². The van der Waals surface area contributed by atoms with Crippen molar-refractivity contribution in [3.05, 3.63) is 0 Å². The fourth-order valence-corrected chi connectivity index (χ4v) is 0.965. The van der Waals surface area contributed by atoms with E-state index in [1.807, 2.05) is 6.92 Å². The number of halogens is 1. The van der Waals surface area contributed by atoms with Crippen LogP contribution in [0.5, 0.6) is 0 Å². The molecule has 12 heavy (non-hydrogen) atoms. The van der Waals surface area contributed by atoms with Crippen LogP contribution in [0.2, 0.25) is 0 Å². The Balaban J connectivity index is 4.13. The standard InChI is InChI=1S/C9H14ClNO/c1-4-6-11(5-2)9(12)8(3)7-10/h1,8H,5-7H2,2-3H3. The van der Waals surface area contributed by atoms with Gasteiger partial charge in [-0.3, -0.25) is 4.79 Å². The SMILES string of the molecule is C#CCN(CC)C(=O)C(C)CCl. The molecule has 0 aliphatic heterocycles. The summed E-state index contributed by atoms with van der Waals surface area (Å²) >= 11 is 5.55. The van der Waals surface area contributed by atoms with Crippen LogP contribution >= 0.6 is 11.6 Å². The molecule has 0 aliphatic rings. The Morgan fingerprint density at radius 2 is 2.33 bits per heavy atom. The Morgan fingerprint density at radius 3 is 2.67 bits per heavy atom. The molecule has 1 amide bonds. The number of amides is 1. The lowest BCUT2D eigenvalue weighted by molar-refractivity contribution is -0.133. The van der Waals surface area contributed by atoms with Crippen molar-refractivity contribution in [2.45, 2.75) is 13.8 Å². The van der Waals surface area contributed by atoms with Gasteiger partial charge in [0.2, 0.25) is 5.91 Å². The highest BCUT2D eigenvalue weighted by atomic mass is 35.5. The van der Waals surface area contributed by atoms with Crippen LogP contribution in [0.1, 0.15) is 13.8 Å². The first-order valence-corrected chi connectivity index (χ1v) is 4.49. The van der Waals surface area contributed by atoms with Gasteiger partial charge in [-0.05, 0) is 6.92 Å². The van der Waals surface area contributed by atoms with Gasteiger partial charge in [0.05, 0.1) is 6.54 Å². The van der Waals surface area contributed by atoms with E-state index in [0.29, 0.717) is 19.0 Å². The molecule has 0 saturated heterocycles. The number of rotatable bonds is 4. The molecule has 0 aliphatic carbocycles. The van der Waals surface area contributed by atoms with Crippen LogP contribution < -0.4 is 0 Å². The molecule has 0 spiro atoms. The number of carbonyl (C=O) groups excluding carboxylic acids is 1. The second kappa shape index (κ2) is 5.91. The lowest BCUT2D eigenvalue weighted by Crippen LogP contribution is -2.35. The van der Waals surface area contributed by atoms with Crippen molar-refractivity contribution in [1.82, 2.24) is 4.90 Å². The maximum absolute atomic E-state index is 11.4. The van der Waals surface area contributed by atoms with Gasteiger partial charge in [0.1, 0.15) is 0 Å². The van der Waals surface area contributed by atoms with E-state index in [1.165, 1.54) is 0 Å². The van der Waals surface area contributed by atoms with Gasteiger partial charge in [0, 0.05) is 18.3 Å². The van der Waals surface area contributed by atoms with Gasteiger partial charge in [0.15, 0.2) is 0 Å². The molecular formula is C9H14ClNO. The second-order valence-electron chi connectivity index (χ2n) is 2.61. The Hall–Kier alpha value is -0.680. The van der Waals surface area contributed by atoms with E-state index in [9.17, 15) is 4.79 Å². The van der Waals surface area contributed by atoms with Crippen LogP contribution in [0.4, 0.5) is 0 Å². The smallest absolute Gasteiger partial charge is 0.227 e. The highest BCUT2D eigenvalue weighted by Crippen LogP contribution is 2.03. The third-order valence-electron chi connectivity index (χ3n) is 1.63. The van der Waals surface area contributed by atoms with Crippen LogP contribution in [-0.2, 0) is 4.79 Å². The minimum absolute atomic E-state index is 0.0328. The van der Waals surface area contributed by atoms with E-state index in [4.69, 9.17) is 18.0 Å². The molecule has 68 valence electrons. The normalized spacial score (nSPS) is 11.8. The summed E-state index contributed by atoms with van der Waals surface area (Å²) in [5.74, 6) is 2.68. The summed E-state index contributed by atoms with van der Waals surface area (Å²) in [6, 6.07) is 0. The zero-order valence-electron chi connectivity index (χ0n) is 7.51. The zero-order chi connectivity index (χ0) is 9.56. The molecule has 0 radical (unpaired) electrons. The maximum atomic E-state index is 11.4. The lowest BCUT2D eigenvalue weighted by atomic mass is 10.2. The van der Waals surface area contributed by atoms with Crippen molar-refractivity contribution >= 4 is 17.5 Å². The number of alkyl halides is 1. The van der Waals surface area contributed by atoms with Crippen LogP contribution in [0.15, 0.2) is 0 Å². The molecule has 0 heterocycles. The van der Waals surface area contributed by atoms with E-state index in [0.717, 1.165) is 0 Å². The van der Waals surface area contributed by atoms with E-state index < -0.39 is 0 Å². The van der Waals surface area contributed by atoms with Crippen molar-refractivity contribution in [3.63, 3.8) is 0 Å². The van der Waals surface area contributed by atoms with Gasteiger partial charge in [-0.15, -0.1) is 18.0 Å². The molecule has 0 aromatic rings. The van der Waals surface area contributed by atoms with Crippen molar-refractivity contribution in [1.29, 1.82) is 0 Å². The third-order valence-corrected chi connectivity index (χ3v) is 2.09. The fraction of sp³-hybridized carbons (Fsp3) is 0.667. The average molecular weight is 188 g/mol. The highest BCUT2D eigenvalue weighted by molar-refractivity contribution is 6.19. The number of hydrogen-bond donors (Lipinski definition) is 0. The topological polar surface area (TPSA) is 20.3 Å². The number of carbonyl (C=O) groups is 1. The van der Waals surface area contributed by atoms with E-state index in [2.05, 4.69) is 5.92 Å². The molecule has 0 N–H and O–H groups in total. The summed E-state index contributed by atoms with van der Waals surface area (Å²) in [6.45, 7) is 4.71. The van der Waals surface area contributed by atoms with Crippen molar-refractivity contribution in [3.8, 4) is 12.3 Å². The molecule has 2 nitrogen and oxygen atoms in total. The molecule has 0 aromatic heterocycles. The summed E-state index contributed by atoms with van der Waals surface area (Å²) < 4.78 is 0. The van der Waals surface area contributed by atoms with Crippen LogP contribution in [0.3, 0.4) is 0 Å². The first-order chi connectivity index (χ1) is 5.67. The zero-order valence-corrected chi connectivity index (χ0v) is 8.27. The first kappa shape index (κ1) is 11.3. The minimum atomic E-state index is -0.139. The molecular weight excluding hydrogens is 174 g/mol. The molecule has 0 bridgehead atoms. The van der Waals surface area contributed by atoms with Crippen LogP contribution in [0, 0.1) is 18.3 Å². The highest BCUT2D eigenvalue weighted by Gasteiger charge is 2.16. The summed E-state index contributed by atoms with van der Waals surface area (Å²) in [5, 5.41) is 0. The van der Waals surface area contributed by atoms with Crippen molar-refractivity contribution in [2.24, 2.45) is 5.92 Å². The fourth-order valence-electron chi connectivity index (χ4n) is 0.833. The summed E-state index contributed by atoms with van der Waals surface area (Å²) in [5.41, 5.74) is 0. The largest absolute Gasteiger partial charge is 0.332 e. The number of nitrogens with zero attached hydrogens (tertiary/aromatic N) is 1. The Morgan fingerprint density at radius 1 is 1.75 bits per heavy atom.